The molecular weight excluding hydrogens is 379 g/mol. The van der Waals surface area contributed by atoms with Crippen LogP contribution in [0, 0.1) is 12.7 Å². The van der Waals surface area contributed by atoms with Crippen LogP contribution in [0.25, 0.3) is 22.2 Å². The third-order valence-electron chi connectivity index (χ3n) is 5.50. The number of benzene rings is 2. The number of aromatic nitrogens is 3. The molecule has 0 atom stereocenters. The first-order chi connectivity index (χ1) is 14.6. The van der Waals surface area contributed by atoms with Crippen LogP contribution in [0.1, 0.15) is 27.3 Å². The van der Waals surface area contributed by atoms with E-state index in [1.54, 1.807) is 24.5 Å². The number of hydrogen-bond donors (Lipinski definition) is 0. The van der Waals surface area contributed by atoms with Crippen molar-refractivity contribution in [1.82, 2.24) is 19.9 Å². The topological polar surface area (TPSA) is 59.0 Å². The van der Waals surface area contributed by atoms with Crippen LogP contribution in [-0.2, 0) is 13.0 Å². The van der Waals surface area contributed by atoms with Gasteiger partial charge in [0.15, 0.2) is 0 Å². The smallest absolute Gasteiger partial charge is 0.254 e. The van der Waals surface area contributed by atoms with E-state index in [2.05, 4.69) is 21.0 Å². The molecule has 0 unspecified atom stereocenters. The highest BCUT2D eigenvalue weighted by molar-refractivity contribution is 6.07. The molecule has 0 spiro atoms. The van der Waals surface area contributed by atoms with Crippen molar-refractivity contribution in [3.05, 3.63) is 89.3 Å². The molecule has 0 aliphatic carbocycles. The Bertz CT molecular complexity index is 1270. The number of pyridine rings is 1. The zero-order valence-corrected chi connectivity index (χ0v) is 16.5. The first-order valence-corrected chi connectivity index (χ1v) is 9.84. The summed E-state index contributed by atoms with van der Waals surface area (Å²) in [5.41, 5.74) is 4.72. The molecule has 1 aliphatic rings. The van der Waals surface area contributed by atoms with Crippen LogP contribution in [0.5, 0.6) is 0 Å². The van der Waals surface area contributed by atoms with Gasteiger partial charge in [0.1, 0.15) is 11.6 Å². The molecular formula is C24H19FN4O. The van der Waals surface area contributed by atoms with Crippen molar-refractivity contribution in [3.63, 3.8) is 0 Å². The molecule has 148 valence electrons. The van der Waals surface area contributed by atoms with Crippen LogP contribution >= 0.6 is 0 Å². The summed E-state index contributed by atoms with van der Waals surface area (Å²) in [7, 11) is 0. The molecule has 0 saturated heterocycles. The van der Waals surface area contributed by atoms with Gasteiger partial charge >= 0.3 is 0 Å². The summed E-state index contributed by atoms with van der Waals surface area (Å²) in [6, 6.07) is 14.2. The largest absolute Gasteiger partial charge is 0.334 e. The Hall–Kier alpha value is -3.67. The quantitative estimate of drug-likeness (QED) is 0.504. The normalized spacial score (nSPS) is 13.3. The van der Waals surface area contributed by atoms with Gasteiger partial charge in [-0.2, -0.15) is 0 Å². The van der Waals surface area contributed by atoms with Crippen LogP contribution in [0.4, 0.5) is 4.39 Å². The molecule has 0 bridgehead atoms. The summed E-state index contributed by atoms with van der Waals surface area (Å²) in [6.07, 6.45) is 4.18. The highest BCUT2D eigenvalue weighted by Gasteiger charge is 2.24. The maximum absolute atomic E-state index is 14.0. The molecule has 3 heterocycles. The van der Waals surface area contributed by atoms with Gasteiger partial charge < -0.3 is 4.90 Å². The second-order valence-electron chi connectivity index (χ2n) is 7.48. The molecule has 1 amide bonds. The summed E-state index contributed by atoms with van der Waals surface area (Å²) in [5.74, 6) is 0.135. The number of hydrogen-bond acceptors (Lipinski definition) is 4. The number of nitrogens with zero attached hydrogens (tertiary/aromatic N) is 4. The van der Waals surface area contributed by atoms with E-state index in [-0.39, 0.29) is 5.91 Å². The van der Waals surface area contributed by atoms with E-state index in [9.17, 15) is 9.18 Å². The lowest BCUT2D eigenvalue weighted by Gasteiger charge is -2.29. The molecule has 0 N–H and O–H groups in total. The number of aryl methyl sites for hydroxylation is 1. The van der Waals surface area contributed by atoms with Crippen molar-refractivity contribution in [3.8, 4) is 11.3 Å². The minimum Gasteiger partial charge on any atom is -0.334 e. The zero-order chi connectivity index (χ0) is 20.7. The predicted molar refractivity (Wildman–Crippen MR) is 112 cm³/mol. The molecule has 5 rings (SSSR count). The lowest BCUT2D eigenvalue weighted by atomic mass is 9.98. The standard InChI is InChI=1S/C24H19FN4O/c1-15-26-12-18(13-27-15)23-11-21(20-10-19(25)6-7-22(20)28-23)24(30)29-9-8-16-4-2-3-5-17(16)14-29/h2-7,10-13H,8-9,14H2,1H3. The third kappa shape index (κ3) is 3.30. The van der Waals surface area contributed by atoms with Crippen molar-refractivity contribution in [2.24, 2.45) is 0 Å². The Morgan fingerprint density at radius 1 is 1.03 bits per heavy atom. The fourth-order valence-corrected chi connectivity index (χ4v) is 3.89. The van der Waals surface area contributed by atoms with Crippen molar-refractivity contribution in [1.29, 1.82) is 0 Å². The van der Waals surface area contributed by atoms with Crippen molar-refractivity contribution >= 4 is 16.8 Å². The molecule has 1 aliphatic heterocycles. The average Bonchev–Trinajstić information content (AvgIpc) is 2.78. The number of carbonyl (C=O) groups is 1. The molecule has 2 aromatic heterocycles. The van der Waals surface area contributed by atoms with E-state index in [0.717, 1.165) is 12.0 Å². The van der Waals surface area contributed by atoms with Gasteiger partial charge in [0.05, 0.1) is 16.8 Å². The van der Waals surface area contributed by atoms with Crippen LogP contribution in [-0.4, -0.2) is 32.3 Å². The Balaban J connectivity index is 1.61. The predicted octanol–water partition coefficient (Wildman–Crippen LogP) is 4.34. The number of amides is 1. The summed E-state index contributed by atoms with van der Waals surface area (Å²) in [5, 5.41) is 0.510. The Labute approximate surface area is 173 Å². The monoisotopic (exact) mass is 398 g/mol. The number of fused-ring (bicyclic) bond motifs is 2. The van der Waals surface area contributed by atoms with Gasteiger partial charge in [0.25, 0.3) is 5.91 Å². The summed E-state index contributed by atoms with van der Waals surface area (Å²) >= 11 is 0. The highest BCUT2D eigenvalue weighted by atomic mass is 19.1. The maximum atomic E-state index is 14.0. The molecule has 30 heavy (non-hydrogen) atoms. The van der Waals surface area contributed by atoms with Crippen LogP contribution in [0.15, 0.2) is 60.9 Å². The van der Waals surface area contributed by atoms with Crippen LogP contribution < -0.4 is 0 Å². The molecule has 0 fully saturated rings. The average molecular weight is 398 g/mol. The van der Waals surface area contributed by atoms with Gasteiger partial charge in [0.2, 0.25) is 0 Å². The zero-order valence-electron chi connectivity index (χ0n) is 16.5. The Morgan fingerprint density at radius 2 is 1.80 bits per heavy atom. The maximum Gasteiger partial charge on any atom is 0.254 e. The fraction of sp³-hybridized carbons (Fsp3) is 0.167. The molecule has 5 nitrogen and oxygen atoms in total. The van der Waals surface area contributed by atoms with Gasteiger partial charge in [0, 0.05) is 36.4 Å². The minimum atomic E-state index is -0.395. The first-order valence-electron chi connectivity index (χ1n) is 9.84. The van der Waals surface area contributed by atoms with Crippen molar-refractivity contribution < 1.29 is 9.18 Å². The lowest BCUT2D eigenvalue weighted by Crippen LogP contribution is -2.36. The third-order valence-corrected chi connectivity index (χ3v) is 5.50. The summed E-state index contributed by atoms with van der Waals surface area (Å²) in [6.45, 7) is 2.97. The van der Waals surface area contributed by atoms with Crippen LogP contribution in [0.2, 0.25) is 0 Å². The summed E-state index contributed by atoms with van der Waals surface area (Å²) < 4.78 is 14.0. The van der Waals surface area contributed by atoms with E-state index >= 15 is 0 Å². The number of carbonyl (C=O) groups excluding carboxylic acids is 1. The molecule has 2 aromatic carbocycles. The van der Waals surface area contributed by atoms with Gasteiger partial charge in [-0.05, 0) is 48.7 Å². The first kappa shape index (κ1) is 18.4. The molecule has 6 heteroatoms. The fourth-order valence-electron chi connectivity index (χ4n) is 3.89. The number of rotatable bonds is 2. The molecule has 0 radical (unpaired) electrons. The number of halogens is 1. The molecule has 0 saturated carbocycles. The van der Waals surface area contributed by atoms with Gasteiger partial charge in [-0.3, -0.25) is 4.79 Å². The van der Waals surface area contributed by atoms with Gasteiger partial charge in [-0.15, -0.1) is 0 Å². The van der Waals surface area contributed by atoms with E-state index in [4.69, 9.17) is 0 Å². The van der Waals surface area contributed by atoms with E-state index in [1.165, 1.54) is 17.7 Å². The minimum absolute atomic E-state index is 0.128. The van der Waals surface area contributed by atoms with Crippen molar-refractivity contribution in [2.45, 2.75) is 19.9 Å². The van der Waals surface area contributed by atoms with E-state index in [0.29, 0.717) is 46.6 Å². The van der Waals surface area contributed by atoms with Gasteiger partial charge in [-0.25, -0.2) is 19.3 Å². The van der Waals surface area contributed by atoms with Gasteiger partial charge in [-0.1, -0.05) is 24.3 Å². The Kier molecular flexibility index (Phi) is 4.47. The van der Waals surface area contributed by atoms with E-state index < -0.39 is 5.82 Å². The second kappa shape index (κ2) is 7.30. The lowest BCUT2D eigenvalue weighted by molar-refractivity contribution is 0.0736. The summed E-state index contributed by atoms with van der Waals surface area (Å²) in [4.78, 5) is 28.4. The Morgan fingerprint density at radius 3 is 2.60 bits per heavy atom. The van der Waals surface area contributed by atoms with Crippen LogP contribution in [0.3, 0.4) is 0 Å². The molecule has 4 aromatic rings. The van der Waals surface area contributed by atoms with E-state index in [1.807, 2.05) is 30.0 Å². The SMILES string of the molecule is Cc1ncc(-c2cc(C(=O)N3CCc4ccccc4C3)c3cc(F)ccc3n2)cn1. The highest BCUT2D eigenvalue weighted by Crippen LogP contribution is 2.28. The second-order valence-corrected chi connectivity index (χ2v) is 7.48. The van der Waals surface area contributed by atoms with Crippen molar-refractivity contribution in [2.75, 3.05) is 6.54 Å².